The molecule has 150 valence electrons. The maximum absolute atomic E-state index is 12.2. The number of amides is 1. The van der Waals surface area contributed by atoms with Crippen molar-refractivity contribution < 1.29 is 24.0 Å². The number of aryl methyl sites for hydroxylation is 1. The van der Waals surface area contributed by atoms with Crippen LogP contribution >= 0.6 is 0 Å². The zero-order valence-corrected chi connectivity index (χ0v) is 15.7. The molecule has 2 aromatic carbocycles. The normalized spacial score (nSPS) is 10.6. The lowest BCUT2D eigenvalue weighted by Crippen LogP contribution is -2.23. The van der Waals surface area contributed by atoms with Gasteiger partial charge in [0.15, 0.2) is 6.61 Å². The average molecular weight is 398 g/mol. The molecule has 1 amide bonds. The SMILES string of the molecule is COc1cc([N+](=O)[O-])ccc1NC(=O)COC(=O)Cn1c(C)nc2ccccc21. The molecule has 0 aliphatic rings. The van der Waals surface area contributed by atoms with Crippen LogP contribution in [0.25, 0.3) is 11.0 Å². The van der Waals surface area contributed by atoms with Crippen LogP contribution in [0, 0.1) is 17.0 Å². The second-order valence-electron chi connectivity index (χ2n) is 6.08. The van der Waals surface area contributed by atoms with Gasteiger partial charge in [-0.1, -0.05) is 12.1 Å². The maximum atomic E-state index is 12.2. The molecule has 0 saturated carbocycles. The van der Waals surface area contributed by atoms with Crippen LogP contribution in [0.1, 0.15) is 5.82 Å². The molecule has 0 unspecified atom stereocenters. The highest BCUT2D eigenvalue weighted by atomic mass is 16.6. The third-order valence-corrected chi connectivity index (χ3v) is 4.17. The molecule has 3 rings (SSSR count). The van der Waals surface area contributed by atoms with Crippen LogP contribution in [0.3, 0.4) is 0 Å². The van der Waals surface area contributed by atoms with Gasteiger partial charge < -0.3 is 19.4 Å². The number of rotatable bonds is 7. The smallest absolute Gasteiger partial charge is 0.326 e. The summed E-state index contributed by atoms with van der Waals surface area (Å²) in [6, 6.07) is 11.2. The fourth-order valence-electron chi connectivity index (χ4n) is 2.80. The topological polar surface area (TPSA) is 126 Å². The van der Waals surface area contributed by atoms with Gasteiger partial charge in [0, 0.05) is 6.07 Å². The summed E-state index contributed by atoms with van der Waals surface area (Å²) in [5.74, 6) is -0.414. The third kappa shape index (κ3) is 4.49. The van der Waals surface area contributed by atoms with E-state index in [1.165, 1.54) is 25.3 Å². The largest absolute Gasteiger partial charge is 0.494 e. The number of hydrogen-bond donors (Lipinski definition) is 1. The van der Waals surface area contributed by atoms with Crippen molar-refractivity contribution in [2.45, 2.75) is 13.5 Å². The lowest BCUT2D eigenvalue weighted by atomic mass is 10.2. The first kappa shape index (κ1) is 19.8. The van der Waals surface area contributed by atoms with E-state index in [0.717, 1.165) is 11.0 Å². The first-order valence-electron chi connectivity index (χ1n) is 8.59. The van der Waals surface area contributed by atoms with Crippen LogP contribution in [0.4, 0.5) is 11.4 Å². The molecule has 0 fully saturated rings. The zero-order chi connectivity index (χ0) is 21.0. The summed E-state index contributed by atoms with van der Waals surface area (Å²) >= 11 is 0. The van der Waals surface area contributed by atoms with Gasteiger partial charge in [-0.2, -0.15) is 0 Å². The number of methoxy groups -OCH3 is 1. The van der Waals surface area contributed by atoms with Crippen molar-refractivity contribution in [3.63, 3.8) is 0 Å². The lowest BCUT2D eigenvalue weighted by molar-refractivity contribution is -0.384. The second-order valence-corrected chi connectivity index (χ2v) is 6.08. The summed E-state index contributed by atoms with van der Waals surface area (Å²) in [5.41, 5.74) is 1.62. The number of benzene rings is 2. The van der Waals surface area contributed by atoms with E-state index in [9.17, 15) is 19.7 Å². The van der Waals surface area contributed by atoms with E-state index in [0.29, 0.717) is 5.82 Å². The van der Waals surface area contributed by atoms with Gasteiger partial charge in [-0.25, -0.2) is 4.98 Å². The second kappa shape index (κ2) is 8.38. The van der Waals surface area contributed by atoms with E-state index < -0.39 is 23.4 Å². The number of nitrogens with one attached hydrogen (secondary N) is 1. The number of non-ortho nitro benzene ring substituents is 1. The molecule has 0 atom stereocenters. The quantitative estimate of drug-likeness (QED) is 0.368. The molecule has 0 bridgehead atoms. The number of nitro groups is 1. The molecule has 1 heterocycles. The molecule has 0 radical (unpaired) electrons. The van der Waals surface area contributed by atoms with Gasteiger partial charge in [-0.05, 0) is 25.1 Å². The molecule has 1 aromatic heterocycles. The number of para-hydroxylation sites is 2. The zero-order valence-electron chi connectivity index (χ0n) is 15.7. The van der Waals surface area contributed by atoms with E-state index >= 15 is 0 Å². The first-order valence-corrected chi connectivity index (χ1v) is 8.59. The monoisotopic (exact) mass is 398 g/mol. The summed E-state index contributed by atoms with van der Waals surface area (Å²) < 4.78 is 11.8. The van der Waals surface area contributed by atoms with Crippen LogP contribution in [0.5, 0.6) is 5.75 Å². The van der Waals surface area contributed by atoms with Crippen molar-refractivity contribution in [2.24, 2.45) is 0 Å². The van der Waals surface area contributed by atoms with E-state index in [1.54, 1.807) is 11.5 Å². The van der Waals surface area contributed by atoms with Gasteiger partial charge in [0.2, 0.25) is 0 Å². The van der Waals surface area contributed by atoms with Gasteiger partial charge in [-0.3, -0.25) is 19.7 Å². The number of hydrogen-bond acceptors (Lipinski definition) is 7. The van der Waals surface area contributed by atoms with Gasteiger partial charge >= 0.3 is 5.97 Å². The predicted octanol–water partition coefficient (Wildman–Crippen LogP) is 2.44. The summed E-state index contributed by atoms with van der Waals surface area (Å²) in [4.78, 5) is 38.9. The summed E-state index contributed by atoms with van der Waals surface area (Å²) in [6.07, 6.45) is 0. The number of carbonyl (C=O) groups excluding carboxylic acids is 2. The molecule has 3 aromatic rings. The van der Waals surface area contributed by atoms with Crippen LogP contribution in [0.2, 0.25) is 0 Å². The molecule has 10 heteroatoms. The van der Waals surface area contributed by atoms with E-state index in [2.05, 4.69) is 10.3 Å². The summed E-state index contributed by atoms with van der Waals surface area (Å²) in [7, 11) is 1.33. The molecule has 1 N–H and O–H groups in total. The van der Waals surface area contributed by atoms with Crippen molar-refractivity contribution >= 4 is 34.3 Å². The molecule has 0 saturated heterocycles. The Labute approximate surface area is 165 Å². The lowest BCUT2D eigenvalue weighted by Gasteiger charge is -2.11. The average Bonchev–Trinajstić information content (AvgIpc) is 3.01. The van der Waals surface area contributed by atoms with E-state index in [-0.39, 0.29) is 23.7 Å². The van der Waals surface area contributed by atoms with E-state index in [4.69, 9.17) is 9.47 Å². The molecular weight excluding hydrogens is 380 g/mol. The van der Waals surface area contributed by atoms with Crippen molar-refractivity contribution in [3.8, 4) is 5.75 Å². The Morgan fingerprint density at radius 1 is 1.24 bits per heavy atom. The Bertz CT molecular complexity index is 1090. The minimum atomic E-state index is -0.599. The number of nitro benzene ring substituents is 1. The van der Waals surface area contributed by atoms with Crippen molar-refractivity contribution in [1.82, 2.24) is 9.55 Å². The molecular formula is C19H18N4O6. The fraction of sp³-hybridized carbons (Fsp3) is 0.211. The van der Waals surface area contributed by atoms with Crippen molar-refractivity contribution in [3.05, 3.63) is 58.4 Å². The Morgan fingerprint density at radius 3 is 2.72 bits per heavy atom. The van der Waals surface area contributed by atoms with E-state index in [1.807, 2.05) is 24.3 Å². The van der Waals surface area contributed by atoms with Crippen LogP contribution < -0.4 is 10.1 Å². The van der Waals surface area contributed by atoms with Crippen molar-refractivity contribution in [1.29, 1.82) is 0 Å². The Hall–Kier alpha value is -3.95. The van der Waals surface area contributed by atoms with Gasteiger partial charge in [-0.15, -0.1) is 0 Å². The number of ether oxygens (including phenoxy) is 2. The number of imidazole rings is 1. The summed E-state index contributed by atoms with van der Waals surface area (Å²) in [6.45, 7) is 1.19. The minimum absolute atomic E-state index is 0.0829. The highest BCUT2D eigenvalue weighted by Gasteiger charge is 2.16. The minimum Gasteiger partial charge on any atom is -0.494 e. The molecule has 0 aliphatic carbocycles. The number of fused-ring (bicyclic) bond motifs is 1. The van der Waals surface area contributed by atoms with Crippen LogP contribution in [-0.4, -0.2) is 40.1 Å². The highest BCUT2D eigenvalue weighted by molar-refractivity contribution is 5.94. The van der Waals surface area contributed by atoms with Crippen LogP contribution in [-0.2, 0) is 20.9 Å². The van der Waals surface area contributed by atoms with Crippen LogP contribution in [0.15, 0.2) is 42.5 Å². The molecule has 10 nitrogen and oxygen atoms in total. The van der Waals surface area contributed by atoms with Gasteiger partial charge in [0.1, 0.15) is 18.1 Å². The number of anilines is 1. The first-order chi connectivity index (χ1) is 13.9. The Balaban J connectivity index is 1.60. The van der Waals surface area contributed by atoms with Gasteiger partial charge in [0.05, 0.1) is 34.8 Å². The number of aromatic nitrogens is 2. The highest BCUT2D eigenvalue weighted by Crippen LogP contribution is 2.28. The Morgan fingerprint density at radius 2 is 2.00 bits per heavy atom. The number of esters is 1. The Kier molecular flexibility index (Phi) is 5.72. The molecule has 29 heavy (non-hydrogen) atoms. The standard InChI is InChI=1S/C19H18N4O6/c1-12-20-14-5-3-4-6-16(14)22(12)10-19(25)29-11-18(24)21-15-8-7-13(23(26)27)9-17(15)28-2/h3-9H,10-11H2,1-2H3,(H,21,24). The summed E-state index contributed by atoms with van der Waals surface area (Å²) in [5, 5.41) is 13.3. The fourth-order valence-corrected chi connectivity index (χ4v) is 2.80. The number of carbonyl (C=O) groups is 2. The molecule has 0 spiro atoms. The maximum Gasteiger partial charge on any atom is 0.326 e. The number of nitrogens with zero attached hydrogens (tertiary/aromatic N) is 3. The predicted molar refractivity (Wildman–Crippen MR) is 104 cm³/mol. The third-order valence-electron chi connectivity index (χ3n) is 4.17. The van der Waals surface area contributed by atoms with Gasteiger partial charge in [0.25, 0.3) is 11.6 Å². The molecule has 0 aliphatic heterocycles. The van der Waals surface area contributed by atoms with Crippen molar-refractivity contribution in [2.75, 3.05) is 19.0 Å².